The molecule has 0 N–H and O–H groups in total. The van der Waals surface area contributed by atoms with E-state index >= 15 is 0 Å². The van der Waals surface area contributed by atoms with Gasteiger partial charge in [0.05, 0.1) is 0 Å². The van der Waals surface area contributed by atoms with Crippen molar-refractivity contribution in [3.8, 4) is 0 Å². The predicted molar refractivity (Wildman–Crippen MR) is 221 cm³/mol. The molecule has 49 heavy (non-hydrogen) atoms. The van der Waals surface area contributed by atoms with E-state index in [-0.39, 0.29) is 13.7 Å². The zero-order chi connectivity index (χ0) is 34.2. The van der Waals surface area contributed by atoms with Crippen LogP contribution in [0.3, 0.4) is 0 Å². The summed E-state index contributed by atoms with van der Waals surface area (Å²) >= 11 is 9.99. The maximum absolute atomic E-state index is 7.25. The monoisotopic (exact) mass is 894 g/mol. The zero-order valence-corrected chi connectivity index (χ0v) is 33.2. The molecule has 0 aliphatic heterocycles. The molecule has 7 aromatic carbocycles. The van der Waals surface area contributed by atoms with Crippen LogP contribution in [0.1, 0.15) is 6.92 Å². The van der Waals surface area contributed by atoms with Crippen molar-refractivity contribution >= 4 is 68.7 Å². The summed E-state index contributed by atoms with van der Waals surface area (Å²) in [6, 6.07) is 74.2. The molecule has 0 radical (unpaired) electrons. The van der Waals surface area contributed by atoms with Crippen LogP contribution in [0.4, 0.5) is 0 Å². The number of hydrogen-bond acceptors (Lipinski definition) is 0. The van der Waals surface area contributed by atoms with Crippen molar-refractivity contribution in [2.75, 3.05) is 6.16 Å². The maximum atomic E-state index is 7.25. The van der Waals surface area contributed by atoms with E-state index in [2.05, 4.69) is 222 Å². The molecular formula is C44H41AuClP3. The first-order valence-corrected chi connectivity index (χ1v) is 25.0. The van der Waals surface area contributed by atoms with Gasteiger partial charge in [0.25, 0.3) is 0 Å². The number of hydrogen-bond donors (Lipinski definition) is 0. The Morgan fingerprint density at radius 1 is 0.388 bits per heavy atom. The molecule has 0 aliphatic carbocycles. The molecular weight excluding hydrogens is 854 g/mol. The summed E-state index contributed by atoms with van der Waals surface area (Å²) in [5.41, 5.74) is 0. The second-order valence-corrected chi connectivity index (χ2v) is 22.8. The van der Waals surface area contributed by atoms with Gasteiger partial charge in [0.15, 0.2) is 0 Å². The van der Waals surface area contributed by atoms with E-state index in [9.17, 15) is 0 Å². The third-order valence-corrected chi connectivity index (χ3v) is 20.5. The standard InChI is InChI=1S/C18H16ClP.C14H15P.C12H10P.Au/c19-20(16-10-4-1-5-11-16,17-12-6-2-7-13-17)18-14-8-3-9-15-18;1-2-15(13-9-5-3-6-10-13)14-11-7-4-8-12-14;1-3-7-11(8-4-1)13-12-9-5-2-6-10-12;/h1-15,20H;3-12H,2H2,1H3;1-10H;/q;;-1;+1. The molecule has 0 bridgehead atoms. The molecule has 0 atom stereocenters. The van der Waals surface area contributed by atoms with Crippen molar-refractivity contribution in [2.45, 2.75) is 6.92 Å². The summed E-state index contributed by atoms with van der Waals surface area (Å²) in [5, 5.41) is 9.44. The molecule has 7 rings (SSSR count). The molecule has 0 fully saturated rings. The van der Waals surface area contributed by atoms with Gasteiger partial charge in [-0.1, -0.05) is 67.6 Å². The molecule has 0 unspecified atom stereocenters. The fourth-order valence-electron chi connectivity index (χ4n) is 5.48. The first-order chi connectivity index (χ1) is 24.1. The van der Waals surface area contributed by atoms with Crippen LogP contribution in [0.5, 0.6) is 0 Å². The summed E-state index contributed by atoms with van der Waals surface area (Å²) < 4.78 is 0. The molecule has 0 spiro atoms. The average Bonchev–Trinajstić information content (AvgIpc) is 3.20. The topological polar surface area (TPSA) is 0 Å². The minimum atomic E-state index is -2.41. The normalized spacial score (nSPS) is 11.1. The van der Waals surface area contributed by atoms with Gasteiger partial charge in [0.1, 0.15) is 0 Å². The molecule has 0 saturated heterocycles. The molecule has 0 saturated carbocycles. The molecule has 0 amide bonds. The van der Waals surface area contributed by atoms with Crippen molar-refractivity contribution < 1.29 is 20.5 Å². The van der Waals surface area contributed by atoms with E-state index in [0.29, 0.717) is 0 Å². The summed E-state index contributed by atoms with van der Waals surface area (Å²) in [7, 11) is -0.149. The summed E-state index contributed by atoms with van der Waals surface area (Å²) in [4.78, 5) is 0. The number of halogens is 1. The van der Waals surface area contributed by atoms with Crippen LogP contribution in [-0.4, -0.2) is 6.16 Å². The van der Waals surface area contributed by atoms with Gasteiger partial charge in [-0.2, -0.15) is 0 Å². The molecule has 0 aromatic heterocycles. The van der Waals surface area contributed by atoms with Gasteiger partial charge in [-0.3, -0.25) is 0 Å². The van der Waals surface area contributed by atoms with Crippen molar-refractivity contribution in [3.05, 3.63) is 212 Å². The Morgan fingerprint density at radius 2 is 0.612 bits per heavy atom. The van der Waals surface area contributed by atoms with E-state index in [0.717, 1.165) is 0 Å². The van der Waals surface area contributed by atoms with E-state index in [1.54, 1.807) is 0 Å². The molecule has 7 aromatic rings. The van der Waals surface area contributed by atoms with Crippen LogP contribution >= 0.6 is 31.6 Å². The third kappa shape index (κ3) is 10.4. The number of benzene rings is 7. The van der Waals surface area contributed by atoms with Crippen LogP contribution in [0, 0.1) is 0 Å². The second kappa shape index (κ2) is 19.9. The summed E-state index contributed by atoms with van der Waals surface area (Å²) in [5.74, 6) is -0.226. The van der Waals surface area contributed by atoms with Crippen LogP contribution in [-0.2, 0) is 20.5 Å². The van der Waals surface area contributed by atoms with Crippen molar-refractivity contribution in [1.29, 1.82) is 0 Å². The van der Waals surface area contributed by atoms with Crippen molar-refractivity contribution in [2.24, 2.45) is 0 Å². The zero-order valence-electron chi connectivity index (χ0n) is 27.5. The van der Waals surface area contributed by atoms with E-state index in [1.807, 2.05) is 18.2 Å². The second-order valence-electron chi connectivity index (χ2n) is 11.1. The Morgan fingerprint density at radius 3 is 0.857 bits per heavy atom. The first-order valence-electron chi connectivity index (χ1n) is 16.4. The van der Waals surface area contributed by atoms with Crippen LogP contribution < -0.4 is 37.1 Å². The van der Waals surface area contributed by atoms with Crippen LogP contribution in [0.15, 0.2) is 212 Å². The van der Waals surface area contributed by atoms with Gasteiger partial charge in [0, 0.05) is 0 Å². The fraction of sp³-hybridized carbons (Fsp3) is 0.0455. The molecule has 0 heterocycles. The predicted octanol–water partition coefficient (Wildman–Crippen LogP) is 9.59. The minimum absolute atomic E-state index is 0.149. The Bertz CT molecular complexity index is 1720. The van der Waals surface area contributed by atoms with Gasteiger partial charge in [-0.05, 0) is 24.7 Å². The Labute approximate surface area is 312 Å². The number of rotatable bonds is 8. The van der Waals surface area contributed by atoms with Gasteiger partial charge in [-0.25, -0.2) is 0 Å². The van der Waals surface area contributed by atoms with Gasteiger partial charge in [0.2, 0.25) is 0 Å². The van der Waals surface area contributed by atoms with Crippen LogP contribution in [0.2, 0.25) is 0 Å². The van der Waals surface area contributed by atoms with Crippen LogP contribution in [0.25, 0.3) is 0 Å². The van der Waals surface area contributed by atoms with Crippen molar-refractivity contribution in [1.82, 2.24) is 0 Å². The molecule has 5 heteroatoms. The van der Waals surface area contributed by atoms with Crippen molar-refractivity contribution in [3.63, 3.8) is 0 Å². The fourth-order valence-corrected chi connectivity index (χ4v) is 14.7. The van der Waals surface area contributed by atoms with E-state index < -0.39 is 6.62 Å². The average molecular weight is 895 g/mol. The molecule has 250 valence electrons. The first kappa shape index (κ1) is 37.1. The SMILES string of the molecule is CCP(c1ccccc1)c1ccccc1.Cl[PH](c1ccccc1)(c1ccccc1)c1ccccc1.[Au][P](c1ccccc1)c1ccccc1. The van der Waals surface area contributed by atoms with Gasteiger partial charge < -0.3 is 0 Å². The van der Waals surface area contributed by atoms with E-state index in [4.69, 9.17) is 11.2 Å². The van der Waals surface area contributed by atoms with Gasteiger partial charge in [-0.15, -0.1) is 0 Å². The quantitative estimate of drug-likeness (QED) is 0.105. The molecule has 0 nitrogen and oxygen atoms in total. The summed E-state index contributed by atoms with van der Waals surface area (Å²) in [6.45, 7) is -0.136. The molecule has 0 aliphatic rings. The summed E-state index contributed by atoms with van der Waals surface area (Å²) in [6.07, 6.45) is 1.21. The van der Waals surface area contributed by atoms with Gasteiger partial charge >= 0.3 is 222 Å². The Hall–Kier alpha value is -3.14. The third-order valence-electron chi connectivity index (χ3n) is 7.89. The van der Waals surface area contributed by atoms with E-state index in [1.165, 1.54) is 43.3 Å². The Kier molecular flexibility index (Phi) is 15.1. The Balaban J connectivity index is 0.000000146.